The third kappa shape index (κ3) is 6.55. The van der Waals surface area contributed by atoms with Crippen molar-refractivity contribution in [3.05, 3.63) is 0 Å². The normalized spacial score (nSPS) is 29.6. The first-order valence-electron chi connectivity index (χ1n) is 8.98. The van der Waals surface area contributed by atoms with E-state index in [4.69, 9.17) is 0 Å². The molecule has 118 valence electrons. The first-order valence-corrected chi connectivity index (χ1v) is 8.98. The van der Waals surface area contributed by atoms with Crippen molar-refractivity contribution in [3.63, 3.8) is 0 Å². The quantitative estimate of drug-likeness (QED) is 0.814. The van der Waals surface area contributed by atoms with Crippen LogP contribution in [0.3, 0.4) is 0 Å². The molecule has 1 saturated carbocycles. The van der Waals surface area contributed by atoms with Crippen molar-refractivity contribution in [2.45, 2.75) is 51.9 Å². The monoisotopic (exact) mass is 281 g/mol. The molecule has 2 rings (SSSR count). The molecule has 2 fully saturated rings. The summed E-state index contributed by atoms with van der Waals surface area (Å²) < 4.78 is 0. The Morgan fingerprint density at radius 3 is 2.50 bits per heavy atom. The average Bonchev–Trinajstić information content (AvgIpc) is 2.45. The molecule has 1 saturated heterocycles. The van der Waals surface area contributed by atoms with Gasteiger partial charge in [0.05, 0.1) is 0 Å². The van der Waals surface area contributed by atoms with Gasteiger partial charge in [-0.2, -0.15) is 0 Å². The van der Waals surface area contributed by atoms with E-state index >= 15 is 0 Å². The van der Waals surface area contributed by atoms with Crippen molar-refractivity contribution in [2.75, 3.05) is 45.8 Å². The summed E-state index contributed by atoms with van der Waals surface area (Å²) in [5.41, 5.74) is 0. The Hall–Kier alpha value is -0.120. The van der Waals surface area contributed by atoms with Gasteiger partial charge in [-0.05, 0) is 70.2 Å². The van der Waals surface area contributed by atoms with Crippen LogP contribution in [0.2, 0.25) is 0 Å². The molecule has 0 amide bonds. The Kier molecular flexibility index (Phi) is 7.92. The van der Waals surface area contributed by atoms with E-state index < -0.39 is 0 Å². The van der Waals surface area contributed by atoms with Crippen LogP contribution < -0.4 is 10.6 Å². The second-order valence-electron chi connectivity index (χ2n) is 7.03. The second-order valence-corrected chi connectivity index (χ2v) is 7.03. The van der Waals surface area contributed by atoms with E-state index in [1.54, 1.807) is 0 Å². The number of hydrogen-bond donors (Lipinski definition) is 2. The molecule has 0 aromatic heterocycles. The molecule has 20 heavy (non-hydrogen) atoms. The molecule has 0 aromatic rings. The average molecular weight is 281 g/mol. The van der Waals surface area contributed by atoms with Crippen LogP contribution in [-0.4, -0.2) is 50.7 Å². The molecule has 1 aliphatic carbocycles. The summed E-state index contributed by atoms with van der Waals surface area (Å²) in [5.74, 6) is 1.76. The summed E-state index contributed by atoms with van der Waals surface area (Å²) in [4.78, 5) is 2.76. The van der Waals surface area contributed by atoms with Gasteiger partial charge in [0, 0.05) is 13.1 Å². The smallest absolute Gasteiger partial charge is 0.00193 e. The molecule has 1 heterocycles. The van der Waals surface area contributed by atoms with Crippen LogP contribution in [0, 0.1) is 11.8 Å². The molecule has 0 aromatic carbocycles. The molecule has 1 unspecified atom stereocenters. The number of rotatable bonds is 2. The van der Waals surface area contributed by atoms with Crippen molar-refractivity contribution in [3.8, 4) is 0 Å². The minimum Gasteiger partial charge on any atom is -0.317 e. The Bertz CT molecular complexity index is 238. The predicted octanol–water partition coefficient (Wildman–Crippen LogP) is 2.48. The van der Waals surface area contributed by atoms with Gasteiger partial charge in [-0.15, -0.1) is 0 Å². The topological polar surface area (TPSA) is 27.3 Å². The minimum absolute atomic E-state index is 0.783. The Labute approximate surface area is 125 Å². The fourth-order valence-electron chi connectivity index (χ4n) is 3.74. The van der Waals surface area contributed by atoms with Crippen LogP contribution in [0.25, 0.3) is 0 Å². The van der Waals surface area contributed by atoms with Crippen LogP contribution in [-0.2, 0) is 0 Å². The van der Waals surface area contributed by atoms with Crippen LogP contribution in [0.5, 0.6) is 0 Å². The van der Waals surface area contributed by atoms with Crippen LogP contribution in [0.15, 0.2) is 0 Å². The maximum atomic E-state index is 3.61. The zero-order valence-electron chi connectivity index (χ0n) is 13.5. The van der Waals surface area contributed by atoms with Crippen LogP contribution in [0.1, 0.15) is 51.9 Å². The highest BCUT2D eigenvalue weighted by Crippen LogP contribution is 2.24. The maximum Gasteiger partial charge on any atom is 0.00193 e. The van der Waals surface area contributed by atoms with E-state index in [-0.39, 0.29) is 0 Å². The number of nitrogens with zero attached hydrogens (tertiary/aromatic N) is 1. The summed E-state index contributed by atoms with van der Waals surface area (Å²) >= 11 is 0. The van der Waals surface area contributed by atoms with E-state index in [9.17, 15) is 0 Å². The molecular formula is C17H35N3. The van der Waals surface area contributed by atoms with Gasteiger partial charge in [0.25, 0.3) is 0 Å². The third-order valence-electron chi connectivity index (χ3n) is 4.84. The third-order valence-corrected chi connectivity index (χ3v) is 4.84. The van der Waals surface area contributed by atoms with Gasteiger partial charge in [0.15, 0.2) is 0 Å². The standard InChI is InChI=1S/C17H35N3/c1-16-13-19-10-5-9-18-11-6-12-20(14-16)15-17-7-3-2-4-8-17/h16-19H,2-15H2,1H3. The number of nitrogens with one attached hydrogen (secondary N) is 2. The van der Waals surface area contributed by atoms with E-state index in [1.165, 1.54) is 90.8 Å². The summed E-state index contributed by atoms with van der Waals surface area (Å²) in [6.07, 6.45) is 9.93. The molecule has 2 aliphatic rings. The van der Waals surface area contributed by atoms with Crippen molar-refractivity contribution < 1.29 is 0 Å². The Morgan fingerprint density at radius 2 is 1.65 bits per heavy atom. The molecule has 3 nitrogen and oxygen atoms in total. The van der Waals surface area contributed by atoms with Gasteiger partial charge in [0.2, 0.25) is 0 Å². The molecule has 1 atom stereocenters. The Balaban J connectivity index is 1.78. The highest BCUT2D eigenvalue weighted by Gasteiger charge is 2.18. The van der Waals surface area contributed by atoms with Gasteiger partial charge in [-0.3, -0.25) is 0 Å². The van der Waals surface area contributed by atoms with Crippen LogP contribution >= 0.6 is 0 Å². The second kappa shape index (κ2) is 9.75. The molecule has 3 heteroatoms. The van der Waals surface area contributed by atoms with Gasteiger partial charge in [-0.1, -0.05) is 26.2 Å². The lowest BCUT2D eigenvalue weighted by molar-refractivity contribution is 0.176. The van der Waals surface area contributed by atoms with Crippen molar-refractivity contribution in [1.29, 1.82) is 0 Å². The summed E-state index contributed by atoms with van der Waals surface area (Å²) in [6.45, 7) is 11.0. The molecule has 0 bridgehead atoms. The summed E-state index contributed by atoms with van der Waals surface area (Å²) in [7, 11) is 0. The minimum atomic E-state index is 0.783. The first-order chi connectivity index (χ1) is 9.84. The zero-order valence-corrected chi connectivity index (χ0v) is 13.5. The molecule has 0 spiro atoms. The van der Waals surface area contributed by atoms with E-state index in [2.05, 4.69) is 22.5 Å². The van der Waals surface area contributed by atoms with Gasteiger partial charge in [0.1, 0.15) is 0 Å². The highest BCUT2D eigenvalue weighted by molar-refractivity contribution is 4.73. The van der Waals surface area contributed by atoms with Crippen molar-refractivity contribution >= 4 is 0 Å². The Morgan fingerprint density at radius 1 is 0.900 bits per heavy atom. The predicted molar refractivity (Wildman–Crippen MR) is 87.2 cm³/mol. The van der Waals surface area contributed by atoms with Gasteiger partial charge in [-0.25, -0.2) is 0 Å². The van der Waals surface area contributed by atoms with Crippen LogP contribution in [0.4, 0.5) is 0 Å². The lowest BCUT2D eigenvalue weighted by atomic mass is 9.88. The largest absolute Gasteiger partial charge is 0.317 e. The van der Waals surface area contributed by atoms with E-state index in [0.29, 0.717) is 0 Å². The molecule has 2 N–H and O–H groups in total. The van der Waals surface area contributed by atoms with Crippen molar-refractivity contribution in [2.24, 2.45) is 11.8 Å². The fourth-order valence-corrected chi connectivity index (χ4v) is 3.74. The fraction of sp³-hybridized carbons (Fsp3) is 1.00. The van der Waals surface area contributed by atoms with Crippen molar-refractivity contribution in [1.82, 2.24) is 15.5 Å². The van der Waals surface area contributed by atoms with E-state index in [0.717, 1.165) is 11.8 Å². The van der Waals surface area contributed by atoms with E-state index in [1.807, 2.05) is 0 Å². The van der Waals surface area contributed by atoms with Gasteiger partial charge >= 0.3 is 0 Å². The highest BCUT2D eigenvalue weighted by atomic mass is 15.1. The maximum absolute atomic E-state index is 3.61. The number of hydrogen-bond acceptors (Lipinski definition) is 3. The summed E-state index contributed by atoms with van der Waals surface area (Å²) in [5, 5.41) is 7.18. The molecule has 1 aliphatic heterocycles. The lowest BCUT2D eigenvalue weighted by Crippen LogP contribution is -2.39. The SMILES string of the molecule is CC1CNCCCNCCCN(CC2CCCCC2)C1. The first kappa shape index (κ1) is 16.3. The summed E-state index contributed by atoms with van der Waals surface area (Å²) in [6, 6.07) is 0. The molecular weight excluding hydrogens is 246 g/mol. The lowest BCUT2D eigenvalue weighted by Gasteiger charge is -2.32. The van der Waals surface area contributed by atoms with Gasteiger partial charge < -0.3 is 15.5 Å². The molecule has 0 radical (unpaired) electrons. The zero-order chi connectivity index (χ0) is 14.0.